The van der Waals surface area contributed by atoms with Crippen LogP contribution < -0.4 is 11.1 Å². The van der Waals surface area contributed by atoms with Crippen molar-refractivity contribution in [2.45, 2.75) is 19.9 Å². The van der Waals surface area contributed by atoms with Gasteiger partial charge in [-0.05, 0) is 5.92 Å². The maximum Gasteiger partial charge on any atom is 0.240 e. The van der Waals surface area contributed by atoms with E-state index >= 15 is 0 Å². The highest BCUT2D eigenvalue weighted by molar-refractivity contribution is 6.33. The van der Waals surface area contributed by atoms with Crippen molar-refractivity contribution < 1.29 is 4.79 Å². The smallest absolute Gasteiger partial charge is 0.240 e. The maximum atomic E-state index is 11.2. The van der Waals surface area contributed by atoms with E-state index in [1.54, 1.807) is 0 Å². The van der Waals surface area contributed by atoms with E-state index < -0.39 is 11.9 Å². The quantitative estimate of drug-likeness (QED) is 0.866. The summed E-state index contributed by atoms with van der Waals surface area (Å²) in [5, 5.41) is 10.4. The minimum atomic E-state index is -0.530. The Balaban J connectivity index is 2.93. The number of halogens is 2. The number of rotatable bonds is 4. The fourth-order valence-corrected chi connectivity index (χ4v) is 1.48. The third-order valence-electron chi connectivity index (χ3n) is 2.00. The minimum Gasteiger partial charge on any atom is -0.371 e. The lowest BCUT2D eigenvalue weighted by atomic mass is 10.0. The first-order valence-corrected chi connectivity index (χ1v) is 5.42. The van der Waals surface area contributed by atoms with Crippen LogP contribution in [0.3, 0.4) is 0 Å². The van der Waals surface area contributed by atoms with Gasteiger partial charge in [-0.3, -0.25) is 4.79 Å². The summed E-state index contributed by atoms with van der Waals surface area (Å²) in [6.45, 7) is 3.74. The van der Waals surface area contributed by atoms with Crippen LogP contribution in [0.4, 0.5) is 5.69 Å². The Bertz CT molecular complexity index is 397. The van der Waals surface area contributed by atoms with Crippen LogP contribution in [0, 0.1) is 5.92 Å². The van der Waals surface area contributed by atoms with Crippen LogP contribution in [0.15, 0.2) is 6.07 Å². The van der Waals surface area contributed by atoms with Crippen LogP contribution in [-0.2, 0) is 4.79 Å². The average Bonchev–Trinajstić information content (AvgIpc) is 2.18. The van der Waals surface area contributed by atoms with E-state index in [0.29, 0.717) is 5.69 Å². The zero-order valence-corrected chi connectivity index (χ0v) is 10.4. The molecule has 1 aromatic heterocycles. The van der Waals surface area contributed by atoms with Gasteiger partial charge in [0.15, 0.2) is 10.3 Å². The van der Waals surface area contributed by atoms with Gasteiger partial charge in [-0.2, -0.15) is 0 Å². The molecule has 0 saturated heterocycles. The van der Waals surface area contributed by atoms with E-state index in [1.165, 1.54) is 6.07 Å². The predicted molar refractivity (Wildman–Crippen MR) is 63.5 cm³/mol. The van der Waals surface area contributed by atoms with Gasteiger partial charge in [0.05, 0.1) is 5.69 Å². The molecular weight excluding hydrogens is 251 g/mol. The highest BCUT2D eigenvalue weighted by Gasteiger charge is 2.20. The molecule has 1 atom stereocenters. The van der Waals surface area contributed by atoms with E-state index in [2.05, 4.69) is 15.5 Å². The molecule has 0 aliphatic carbocycles. The minimum absolute atomic E-state index is 0.0282. The third-order valence-corrected chi connectivity index (χ3v) is 2.47. The molecule has 0 aromatic carbocycles. The SMILES string of the molecule is CC(C)C(Nc1cc(Cl)nnc1Cl)C(N)=O. The molecule has 0 saturated carbocycles. The zero-order valence-electron chi connectivity index (χ0n) is 8.87. The molecule has 1 rings (SSSR count). The number of nitrogens with zero attached hydrogens (tertiary/aromatic N) is 2. The molecule has 0 aliphatic heterocycles. The summed E-state index contributed by atoms with van der Waals surface area (Å²) < 4.78 is 0. The first-order chi connectivity index (χ1) is 7.41. The van der Waals surface area contributed by atoms with Gasteiger partial charge in [0.2, 0.25) is 5.91 Å². The summed E-state index contributed by atoms with van der Waals surface area (Å²) in [5.41, 5.74) is 5.70. The summed E-state index contributed by atoms with van der Waals surface area (Å²) in [6.07, 6.45) is 0. The van der Waals surface area contributed by atoms with E-state index in [4.69, 9.17) is 28.9 Å². The molecule has 7 heteroatoms. The van der Waals surface area contributed by atoms with Crippen molar-refractivity contribution in [2.24, 2.45) is 11.7 Å². The molecule has 16 heavy (non-hydrogen) atoms. The molecule has 0 bridgehead atoms. The number of nitrogens with one attached hydrogen (secondary N) is 1. The van der Waals surface area contributed by atoms with Crippen LogP contribution >= 0.6 is 23.2 Å². The van der Waals surface area contributed by atoms with Gasteiger partial charge in [-0.15, -0.1) is 10.2 Å². The van der Waals surface area contributed by atoms with E-state index in [0.717, 1.165) is 0 Å². The van der Waals surface area contributed by atoms with Gasteiger partial charge in [0, 0.05) is 6.07 Å². The monoisotopic (exact) mass is 262 g/mol. The number of aromatic nitrogens is 2. The predicted octanol–water partition coefficient (Wildman–Crippen LogP) is 1.71. The molecule has 0 aliphatic rings. The number of primary amides is 1. The average molecular weight is 263 g/mol. The second-order valence-corrected chi connectivity index (χ2v) is 4.39. The maximum absolute atomic E-state index is 11.2. The second-order valence-electron chi connectivity index (χ2n) is 3.64. The van der Waals surface area contributed by atoms with Crippen LogP contribution in [0.2, 0.25) is 10.3 Å². The first-order valence-electron chi connectivity index (χ1n) is 4.66. The topological polar surface area (TPSA) is 80.9 Å². The first kappa shape index (κ1) is 13.0. The lowest BCUT2D eigenvalue weighted by Crippen LogP contribution is -2.39. The number of nitrogens with two attached hydrogens (primary N) is 1. The number of carbonyl (C=O) groups is 1. The molecule has 0 radical (unpaired) electrons. The van der Waals surface area contributed by atoms with Gasteiger partial charge in [0.25, 0.3) is 0 Å². The van der Waals surface area contributed by atoms with Crippen molar-refractivity contribution in [3.63, 3.8) is 0 Å². The van der Waals surface area contributed by atoms with Gasteiger partial charge in [0.1, 0.15) is 6.04 Å². The van der Waals surface area contributed by atoms with Crippen molar-refractivity contribution >= 4 is 34.8 Å². The highest BCUT2D eigenvalue weighted by Crippen LogP contribution is 2.22. The molecule has 1 heterocycles. The molecule has 5 nitrogen and oxygen atoms in total. The van der Waals surface area contributed by atoms with Gasteiger partial charge >= 0.3 is 0 Å². The Kier molecular flexibility index (Phi) is 4.32. The lowest BCUT2D eigenvalue weighted by Gasteiger charge is -2.20. The van der Waals surface area contributed by atoms with Crippen LogP contribution in [0.1, 0.15) is 13.8 Å². The number of hydrogen-bond acceptors (Lipinski definition) is 4. The molecule has 1 unspecified atom stereocenters. The van der Waals surface area contributed by atoms with Crippen molar-refractivity contribution in [2.75, 3.05) is 5.32 Å². The Hall–Kier alpha value is -1.07. The van der Waals surface area contributed by atoms with Crippen LogP contribution in [0.5, 0.6) is 0 Å². The second kappa shape index (κ2) is 5.32. The largest absolute Gasteiger partial charge is 0.371 e. The normalized spacial score (nSPS) is 12.6. The van der Waals surface area contributed by atoms with Crippen molar-refractivity contribution in [3.05, 3.63) is 16.4 Å². The number of hydrogen-bond donors (Lipinski definition) is 2. The van der Waals surface area contributed by atoms with Gasteiger partial charge < -0.3 is 11.1 Å². The Morgan fingerprint density at radius 1 is 1.44 bits per heavy atom. The Morgan fingerprint density at radius 3 is 2.56 bits per heavy atom. The van der Waals surface area contributed by atoms with E-state index in [-0.39, 0.29) is 16.2 Å². The number of anilines is 1. The highest BCUT2D eigenvalue weighted by atomic mass is 35.5. The van der Waals surface area contributed by atoms with Gasteiger partial charge in [-0.25, -0.2) is 0 Å². The summed E-state index contributed by atoms with van der Waals surface area (Å²) in [7, 11) is 0. The number of carbonyl (C=O) groups excluding carboxylic acids is 1. The van der Waals surface area contributed by atoms with Crippen LogP contribution in [-0.4, -0.2) is 22.1 Å². The van der Waals surface area contributed by atoms with E-state index in [9.17, 15) is 4.79 Å². The fraction of sp³-hybridized carbons (Fsp3) is 0.444. The number of amides is 1. The van der Waals surface area contributed by atoms with Crippen molar-refractivity contribution in [3.8, 4) is 0 Å². The molecule has 1 amide bonds. The van der Waals surface area contributed by atoms with Crippen LogP contribution in [0.25, 0.3) is 0 Å². The molecule has 0 fully saturated rings. The summed E-state index contributed by atoms with van der Waals surface area (Å²) in [5.74, 6) is -0.431. The van der Waals surface area contributed by atoms with E-state index in [1.807, 2.05) is 13.8 Å². The van der Waals surface area contributed by atoms with Crippen molar-refractivity contribution in [1.82, 2.24) is 10.2 Å². The fourth-order valence-electron chi connectivity index (χ4n) is 1.19. The molecule has 3 N–H and O–H groups in total. The summed E-state index contributed by atoms with van der Waals surface area (Å²) in [6, 6.07) is 0.965. The standard InChI is InChI=1S/C9H12Cl2N4O/c1-4(2)7(9(12)16)13-5-3-6(10)14-15-8(5)11/h3-4,7H,1-2H3,(H2,12,16)(H,13,14). The third kappa shape index (κ3) is 3.21. The summed E-state index contributed by atoms with van der Waals surface area (Å²) in [4.78, 5) is 11.2. The Morgan fingerprint density at radius 2 is 2.06 bits per heavy atom. The molecule has 88 valence electrons. The van der Waals surface area contributed by atoms with Crippen molar-refractivity contribution in [1.29, 1.82) is 0 Å². The Labute approximate surface area is 103 Å². The molecule has 1 aromatic rings. The van der Waals surface area contributed by atoms with Gasteiger partial charge in [-0.1, -0.05) is 37.0 Å². The zero-order chi connectivity index (χ0) is 12.3. The molecule has 0 spiro atoms. The lowest BCUT2D eigenvalue weighted by molar-refractivity contribution is -0.119. The molecular formula is C9H12Cl2N4O. The summed E-state index contributed by atoms with van der Waals surface area (Å²) >= 11 is 11.5.